The predicted octanol–water partition coefficient (Wildman–Crippen LogP) is -0.474. The van der Waals surface area contributed by atoms with E-state index in [0.29, 0.717) is 25.9 Å². The Morgan fingerprint density at radius 3 is 2.94 bits per heavy atom. The lowest BCUT2D eigenvalue weighted by Gasteiger charge is -2.13. The molecular weight excluding hydrogens is 222 g/mol. The zero-order valence-corrected chi connectivity index (χ0v) is 9.33. The van der Waals surface area contributed by atoms with E-state index in [1.807, 2.05) is 12.3 Å². The van der Waals surface area contributed by atoms with Gasteiger partial charge in [-0.15, -0.1) is 0 Å². The van der Waals surface area contributed by atoms with Gasteiger partial charge in [-0.3, -0.25) is 9.48 Å². The second kappa shape index (κ2) is 4.44. The van der Waals surface area contributed by atoms with Crippen LogP contribution in [0.15, 0.2) is 23.6 Å². The van der Waals surface area contributed by atoms with Gasteiger partial charge < -0.3 is 16.3 Å². The Balaban J connectivity index is 1.82. The minimum atomic E-state index is -0.779. The third-order valence-electron chi connectivity index (χ3n) is 2.97. The molecule has 1 saturated carbocycles. The number of amidine groups is 1. The number of hydrogen-bond donors (Lipinski definition) is 3. The Labute approximate surface area is 98.3 Å². The monoisotopic (exact) mass is 237 g/mol. The number of amides is 1. The Hall–Kier alpha value is -2.05. The molecule has 2 rings (SSSR count). The normalized spacial score (nSPS) is 17.8. The van der Waals surface area contributed by atoms with E-state index in [1.54, 1.807) is 10.9 Å². The van der Waals surface area contributed by atoms with Crippen molar-refractivity contribution in [1.82, 2.24) is 15.1 Å². The van der Waals surface area contributed by atoms with E-state index in [0.717, 1.165) is 0 Å². The van der Waals surface area contributed by atoms with Gasteiger partial charge in [0, 0.05) is 18.9 Å². The summed E-state index contributed by atoms with van der Waals surface area (Å²) in [6, 6.07) is 1.82. The average molecular weight is 237 g/mol. The summed E-state index contributed by atoms with van der Waals surface area (Å²) in [4.78, 5) is 11.8. The van der Waals surface area contributed by atoms with Crippen molar-refractivity contribution >= 4 is 11.7 Å². The summed E-state index contributed by atoms with van der Waals surface area (Å²) in [6.07, 6.45) is 4.77. The second-order valence-corrected chi connectivity index (χ2v) is 4.09. The van der Waals surface area contributed by atoms with E-state index < -0.39 is 5.41 Å². The molecule has 0 atom stereocenters. The van der Waals surface area contributed by atoms with Gasteiger partial charge in [-0.25, -0.2) is 0 Å². The average Bonchev–Trinajstić information content (AvgIpc) is 3.00. The number of nitrogens with zero attached hydrogens (tertiary/aromatic N) is 3. The van der Waals surface area contributed by atoms with Crippen molar-refractivity contribution in [2.45, 2.75) is 19.4 Å². The van der Waals surface area contributed by atoms with Crippen LogP contribution in [0.3, 0.4) is 0 Å². The van der Waals surface area contributed by atoms with Gasteiger partial charge in [0.2, 0.25) is 5.91 Å². The zero-order valence-electron chi connectivity index (χ0n) is 9.33. The first-order valence-corrected chi connectivity index (χ1v) is 5.43. The summed E-state index contributed by atoms with van der Waals surface area (Å²) >= 11 is 0. The highest BCUT2D eigenvalue weighted by Crippen LogP contribution is 2.45. The summed E-state index contributed by atoms with van der Waals surface area (Å²) in [5, 5.41) is 18.3. The van der Waals surface area contributed by atoms with Crippen LogP contribution in [0.2, 0.25) is 0 Å². The highest BCUT2D eigenvalue weighted by molar-refractivity contribution is 6.09. The van der Waals surface area contributed by atoms with Crippen molar-refractivity contribution in [2.24, 2.45) is 16.3 Å². The standard InChI is InChI=1S/C10H15N5O2/c11-8(14-17)10(2-3-10)9(16)12-5-7-15-6-1-4-13-15/h1,4,6,17H,2-3,5,7H2,(H2,11,14)(H,12,16). The maximum absolute atomic E-state index is 11.8. The minimum absolute atomic E-state index is 0.00547. The first-order chi connectivity index (χ1) is 8.19. The molecule has 0 aromatic carbocycles. The molecule has 0 saturated heterocycles. The van der Waals surface area contributed by atoms with Crippen LogP contribution in [0.5, 0.6) is 0 Å². The van der Waals surface area contributed by atoms with Gasteiger partial charge in [-0.2, -0.15) is 5.10 Å². The number of carbonyl (C=O) groups is 1. The number of nitrogens with two attached hydrogens (primary N) is 1. The van der Waals surface area contributed by atoms with Crippen LogP contribution in [0.4, 0.5) is 0 Å². The molecule has 7 nitrogen and oxygen atoms in total. The molecule has 0 aliphatic heterocycles. The van der Waals surface area contributed by atoms with Gasteiger partial charge in [-0.1, -0.05) is 5.16 Å². The molecule has 1 aromatic heterocycles. The molecule has 7 heteroatoms. The SMILES string of the molecule is N/C(=N/O)C1(C(=O)NCCn2cccn2)CC1. The van der Waals surface area contributed by atoms with Crippen LogP contribution >= 0.6 is 0 Å². The third kappa shape index (κ3) is 2.22. The summed E-state index contributed by atoms with van der Waals surface area (Å²) in [5.74, 6) is -0.186. The van der Waals surface area contributed by atoms with Gasteiger partial charge in [0.1, 0.15) is 5.41 Å². The predicted molar refractivity (Wildman–Crippen MR) is 60.3 cm³/mol. The first kappa shape index (κ1) is 11.4. The van der Waals surface area contributed by atoms with Crippen LogP contribution < -0.4 is 11.1 Å². The summed E-state index contributed by atoms with van der Waals surface area (Å²) in [5.41, 5.74) is 4.72. The summed E-state index contributed by atoms with van der Waals surface area (Å²) < 4.78 is 1.73. The van der Waals surface area contributed by atoms with E-state index >= 15 is 0 Å². The van der Waals surface area contributed by atoms with E-state index in [2.05, 4.69) is 15.6 Å². The molecule has 1 aliphatic rings. The van der Waals surface area contributed by atoms with Crippen molar-refractivity contribution in [3.8, 4) is 0 Å². The lowest BCUT2D eigenvalue weighted by molar-refractivity contribution is -0.124. The van der Waals surface area contributed by atoms with Crippen molar-refractivity contribution in [1.29, 1.82) is 0 Å². The molecule has 1 aliphatic carbocycles. The van der Waals surface area contributed by atoms with Gasteiger partial charge in [0.15, 0.2) is 5.84 Å². The number of aromatic nitrogens is 2. The number of oxime groups is 1. The Kier molecular flexibility index (Phi) is 2.99. The van der Waals surface area contributed by atoms with Gasteiger partial charge in [0.25, 0.3) is 0 Å². The molecule has 4 N–H and O–H groups in total. The summed E-state index contributed by atoms with van der Waals surface area (Å²) in [7, 11) is 0. The molecule has 0 unspecified atom stereocenters. The van der Waals surface area contributed by atoms with E-state index in [9.17, 15) is 4.79 Å². The van der Waals surface area contributed by atoms with E-state index in [1.165, 1.54) is 0 Å². The smallest absolute Gasteiger partial charge is 0.234 e. The van der Waals surface area contributed by atoms with Crippen molar-refractivity contribution in [2.75, 3.05) is 6.54 Å². The molecule has 17 heavy (non-hydrogen) atoms. The highest BCUT2D eigenvalue weighted by atomic mass is 16.4. The zero-order chi connectivity index (χ0) is 12.3. The maximum Gasteiger partial charge on any atom is 0.234 e. The number of nitrogens with one attached hydrogen (secondary N) is 1. The number of rotatable bonds is 5. The fourth-order valence-electron chi connectivity index (χ4n) is 1.71. The molecule has 0 bridgehead atoms. The molecule has 92 valence electrons. The number of carbonyl (C=O) groups excluding carboxylic acids is 1. The molecule has 0 radical (unpaired) electrons. The van der Waals surface area contributed by atoms with E-state index in [4.69, 9.17) is 10.9 Å². The number of hydrogen-bond acceptors (Lipinski definition) is 4. The molecule has 1 fully saturated rings. The first-order valence-electron chi connectivity index (χ1n) is 5.43. The fourth-order valence-corrected chi connectivity index (χ4v) is 1.71. The third-order valence-corrected chi connectivity index (χ3v) is 2.97. The van der Waals surface area contributed by atoms with Crippen molar-refractivity contribution < 1.29 is 10.0 Å². The molecule has 1 aromatic rings. The van der Waals surface area contributed by atoms with E-state index in [-0.39, 0.29) is 11.7 Å². The summed E-state index contributed by atoms with van der Waals surface area (Å²) in [6.45, 7) is 1.08. The Morgan fingerprint density at radius 1 is 1.65 bits per heavy atom. The quantitative estimate of drug-likeness (QED) is 0.278. The van der Waals surface area contributed by atoms with Crippen LogP contribution in [-0.2, 0) is 11.3 Å². The highest BCUT2D eigenvalue weighted by Gasteiger charge is 2.54. The lowest BCUT2D eigenvalue weighted by Crippen LogP contribution is -2.41. The topological polar surface area (TPSA) is 106 Å². The van der Waals surface area contributed by atoms with Gasteiger partial charge >= 0.3 is 0 Å². The lowest BCUT2D eigenvalue weighted by atomic mass is 10.1. The molecule has 0 spiro atoms. The fraction of sp³-hybridized carbons (Fsp3) is 0.500. The molecular formula is C10H15N5O2. The van der Waals surface area contributed by atoms with Gasteiger partial charge in [0.05, 0.1) is 6.54 Å². The van der Waals surface area contributed by atoms with Crippen LogP contribution in [0.25, 0.3) is 0 Å². The van der Waals surface area contributed by atoms with Crippen LogP contribution in [-0.4, -0.2) is 33.3 Å². The van der Waals surface area contributed by atoms with Crippen LogP contribution in [0, 0.1) is 5.41 Å². The second-order valence-electron chi connectivity index (χ2n) is 4.09. The van der Waals surface area contributed by atoms with Crippen molar-refractivity contribution in [3.05, 3.63) is 18.5 Å². The Bertz CT molecular complexity index is 422. The maximum atomic E-state index is 11.8. The minimum Gasteiger partial charge on any atom is -0.409 e. The largest absolute Gasteiger partial charge is 0.409 e. The van der Waals surface area contributed by atoms with Crippen LogP contribution in [0.1, 0.15) is 12.8 Å². The van der Waals surface area contributed by atoms with Gasteiger partial charge in [-0.05, 0) is 18.9 Å². The molecule has 1 heterocycles. The molecule has 1 amide bonds. The van der Waals surface area contributed by atoms with Crippen molar-refractivity contribution in [3.63, 3.8) is 0 Å². The Morgan fingerprint density at radius 2 is 2.41 bits per heavy atom.